The van der Waals surface area contributed by atoms with Crippen LogP contribution in [0, 0.1) is 10.1 Å². The first-order valence-electron chi connectivity index (χ1n) is 9.16. The number of nitro groups is 1. The molecular formula is C20H18N2O6S2. The number of thioether (sulfide) groups is 1. The lowest BCUT2D eigenvalue weighted by Gasteiger charge is -2.22. The van der Waals surface area contributed by atoms with Gasteiger partial charge in [0.25, 0.3) is 11.6 Å². The van der Waals surface area contributed by atoms with Crippen LogP contribution in [0.2, 0.25) is 0 Å². The Labute approximate surface area is 181 Å². The van der Waals surface area contributed by atoms with Crippen molar-refractivity contribution in [3.63, 3.8) is 0 Å². The summed E-state index contributed by atoms with van der Waals surface area (Å²) in [6.07, 6.45) is 3.33. The summed E-state index contributed by atoms with van der Waals surface area (Å²) >= 11 is 6.29. The number of amides is 1. The van der Waals surface area contributed by atoms with E-state index in [1.807, 2.05) is 6.92 Å². The minimum atomic E-state index is -1.08. The van der Waals surface area contributed by atoms with E-state index in [0.717, 1.165) is 23.1 Å². The highest BCUT2D eigenvalue weighted by Gasteiger charge is 2.40. The van der Waals surface area contributed by atoms with Crippen molar-refractivity contribution >= 4 is 51.9 Å². The van der Waals surface area contributed by atoms with Crippen LogP contribution in [0.4, 0.5) is 5.69 Å². The van der Waals surface area contributed by atoms with Crippen LogP contribution < -0.4 is 0 Å². The van der Waals surface area contributed by atoms with E-state index in [2.05, 4.69) is 0 Å². The number of hydrogen-bond donors (Lipinski definition) is 1. The molecule has 0 bridgehead atoms. The fourth-order valence-corrected chi connectivity index (χ4v) is 4.31. The van der Waals surface area contributed by atoms with E-state index < -0.39 is 22.8 Å². The van der Waals surface area contributed by atoms with Crippen LogP contribution in [0.1, 0.15) is 31.9 Å². The van der Waals surface area contributed by atoms with E-state index in [1.165, 1.54) is 18.2 Å². The van der Waals surface area contributed by atoms with Gasteiger partial charge in [0.1, 0.15) is 21.9 Å². The largest absolute Gasteiger partial charge is 0.480 e. The van der Waals surface area contributed by atoms with Gasteiger partial charge in [-0.2, -0.15) is 0 Å². The van der Waals surface area contributed by atoms with Gasteiger partial charge in [-0.3, -0.25) is 19.8 Å². The van der Waals surface area contributed by atoms with Crippen molar-refractivity contribution in [2.24, 2.45) is 0 Å². The Morgan fingerprint density at radius 2 is 2.03 bits per heavy atom. The fraction of sp³-hybridized carbons (Fsp3) is 0.250. The van der Waals surface area contributed by atoms with Crippen molar-refractivity contribution < 1.29 is 24.0 Å². The lowest BCUT2D eigenvalue weighted by molar-refractivity contribution is -0.384. The predicted octanol–water partition coefficient (Wildman–Crippen LogP) is 4.70. The molecular weight excluding hydrogens is 428 g/mol. The van der Waals surface area contributed by atoms with Crippen LogP contribution >= 0.6 is 24.0 Å². The second kappa shape index (κ2) is 9.23. The number of carbonyl (C=O) groups is 2. The number of benzene rings is 1. The molecule has 1 aliphatic rings. The molecule has 1 aromatic heterocycles. The van der Waals surface area contributed by atoms with E-state index in [0.29, 0.717) is 29.9 Å². The second-order valence-corrected chi connectivity index (χ2v) is 8.23. The SMILES string of the molecule is CCCC[C@H](C(=O)O)N1C(=O)/C(=C\c2ccc(-c3ccc([N+](=O)[O-])cc3)o2)SC1=S. The summed E-state index contributed by atoms with van der Waals surface area (Å²) in [4.78, 5) is 36.1. The summed E-state index contributed by atoms with van der Waals surface area (Å²) in [6.45, 7) is 1.95. The molecule has 0 saturated carbocycles. The van der Waals surface area contributed by atoms with Gasteiger partial charge in [-0.05, 0) is 30.7 Å². The number of thiocarbonyl (C=S) groups is 1. The summed E-state index contributed by atoms with van der Waals surface area (Å²) in [7, 11) is 0. The quantitative estimate of drug-likeness (QED) is 0.269. The highest BCUT2D eigenvalue weighted by atomic mass is 32.2. The van der Waals surface area contributed by atoms with Crippen LogP contribution in [0.5, 0.6) is 0 Å². The highest BCUT2D eigenvalue weighted by Crippen LogP contribution is 2.36. The maximum atomic E-state index is 12.8. The first kappa shape index (κ1) is 21.7. The molecule has 1 aromatic carbocycles. The lowest BCUT2D eigenvalue weighted by atomic mass is 10.1. The Kier molecular flexibility index (Phi) is 6.68. The molecule has 30 heavy (non-hydrogen) atoms. The smallest absolute Gasteiger partial charge is 0.326 e. The zero-order valence-corrected chi connectivity index (χ0v) is 17.6. The number of unbranched alkanes of at least 4 members (excludes halogenated alkanes) is 1. The molecule has 8 nitrogen and oxygen atoms in total. The molecule has 2 aromatic rings. The summed E-state index contributed by atoms with van der Waals surface area (Å²) < 4.78 is 5.94. The predicted molar refractivity (Wildman–Crippen MR) is 117 cm³/mol. The van der Waals surface area contributed by atoms with Crippen LogP contribution in [0.15, 0.2) is 45.7 Å². The molecule has 3 rings (SSSR count). The number of carboxylic acid groups (broad SMARTS) is 1. The number of rotatable bonds is 8. The van der Waals surface area contributed by atoms with Gasteiger partial charge < -0.3 is 9.52 Å². The molecule has 0 radical (unpaired) electrons. The number of furan rings is 1. The molecule has 1 atom stereocenters. The van der Waals surface area contributed by atoms with Gasteiger partial charge >= 0.3 is 5.97 Å². The van der Waals surface area contributed by atoms with Gasteiger partial charge in [-0.1, -0.05) is 43.7 Å². The number of nitrogens with zero attached hydrogens (tertiary/aromatic N) is 2. The summed E-state index contributed by atoms with van der Waals surface area (Å²) in [5.41, 5.74) is 0.628. The molecule has 1 saturated heterocycles. The summed E-state index contributed by atoms with van der Waals surface area (Å²) in [6, 6.07) is 8.27. The maximum absolute atomic E-state index is 12.8. The first-order valence-corrected chi connectivity index (χ1v) is 10.4. The Morgan fingerprint density at radius 1 is 1.33 bits per heavy atom. The van der Waals surface area contributed by atoms with Gasteiger partial charge in [0.05, 0.1) is 9.83 Å². The van der Waals surface area contributed by atoms with E-state index in [9.17, 15) is 24.8 Å². The number of nitro benzene ring substituents is 1. The van der Waals surface area contributed by atoms with Gasteiger partial charge in [-0.15, -0.1) is 0 Å². The van der Waals surface area contributed by atoms with E-state index in [4.69, 9.17) is 16.6 Å². The van der Waals surface area contributed by atoms with Crippen molar-refractivity contribution in [2.45, 2.75) is 32.2 Å². The van der Waals surface area contributed by atoms with E-state index >= 15 is 0 Å². The van der Waals surface area contributed by atoms with E-state index in [-0.39, 0.29) is 14.9 Å². The Bertz CT molecular complexity index is 1030. The molecule has 1 amide bonds. The normalized spacial score (nSPS) is 16.3. The molecule has 0 aliphatic carbocycles. The summed E-state index contributed by atoms with van der Waals surface area (Å²) in [5.74, 6) is -0.663. The third kappa shape index (κ3) is 4.60. The maximum Gasteiger partial charge on any atom is 0.326 e. The number of carbonyl (C=O) groups excluding carboxylic acids is 1. The average Bonchev–Trinajstić information content (AvgIpc) is 3.28. The monoisotopic (exact) mass is 446 g/mol. The molecule has 0 unspecified atom stereocenters. The van der Waals surface area contributed by atoms with Gasteiger partial charge in [-0.25, -0.2) is 4.79 Å². The molecule has 1 fully saturated rings. The van der Waals surface area contributed by atoms with E-state index in [1.54, 1.807) is 24.3 Å². The van der Waals surface area contributed by atoms with Crippen LogP contribution in [0.3, 0.4) is 0 Å². The first-order chi connectivity index (χ1) is 14.3. The lowest BCUT2D eigenvalue weighted by Crippen LogP contribution is -2.43. The Morgan fingerprint density at radius 3 is 2.63 bits per heavy atom. The molecule has 10 heteroatoms. The Balaban J connectivity index is 1.80. The number of aliphatic carboxylic acids is 1. The standard InChI is InChI=1S/C20H18N2O6S2/c1-2-3-4-15(19(24)25)21-18(23)17(30-20(21)29)11-14-9-10-16(28-14)12-5-7-13(8-6-12)22(26)27/h5-11,15H,2-4H2,1H3,(H,24,25)/b17-11+/t15-/m1/s1. The molecule has 1 N–H and O–H groups in total. The van der Waals surface area contributed by atoms with Gasteiger partial charge in [0.2, 0.25) is 0 Å². The molecule has 0 spiro atoms. The second-order valence-electron chi connectivity index (χ2n) is 6.55. The van der Waals surface area contributed by atoms with Crippen LogP contribution in [-0.4, -0.2) is 37.2 Å². The zero-order chi connectivity index (χ0) is 21.8. The van der Waals surface area contributed by atoms with Gasteiger partial charge in [0.15, 0.2) is 0 Å². The van der Waals surface area contributed by atoms with Crippen molar-refractivity contribution in [3.8, 4) is 11.3 Å². The third-order valence-electron chi connectivity index (χ3n) is 4.51. The molecule has 1 aliphatic heterocycles. The summed E-state index contributed by atoms with van der Waals surface area (Å²) in [5, 5.41) is 20.3. The Hall–Kier alpha value is -2.98. The minimum absolute atomic E-state index is 0.0229. The van der Waals surface area contributed by atoms with Crippen LogP contribution in [-0.2, 0) is 9.59 Å². The van der Waals surface area contributed by atoms with Crippen molar-refractivity contribution in [3.05, 3.63) is 57.2 Å². The average molecular weight is 447 g/mol. The topological polar surface area (TPSA) is 114 Å². The third-order valence-corrected chi connectivity index (χ3v) is 5.84. The number of carboxylic acids is 1. The van der Waals surface area contributed by atoms with Crippen molar-refractivity contribution in [2.75, 3.05) is 0 Å². The zero-order valence-electron chi connectivity index (χ0n) is 15.9. The van der Waals surface area contributed by atoms with Crippen LogP contribution in [0.25, 0.3) is 17.4 Å². The van der Waals surface area contributed by atoms with Crippen molar-refractivity contribution in [1.82, 2.24) is 4.90 Å². The minimum Gasteiger partial charge on any atom is -0.480 e. The molecule has 156 valence electrons. The number of hydrogen-bond acceptors (Lipinski definition) is 7. The molecule has 2 heterocycles. The number of non-ortho nitro benzene ring substituents is 1. The van der Waals surface area contributed by atoms with Crippen molar-refractivity contribution in [1.29, 1.82) is 0 Å². The van der Waals surface area contributed by atoms with Gasteiger partial charge in [0, 0.05) is 23.8 Å². The highest BCUT2D eigenvalue weighted by molar-refractivity contribution is 8.26. The fourth-order valence-electron chi connectivity index (χ4n) is 2.97.